The maximum atomic E-state index is 9.69. The van der Waals surface area contributed by atoms with E-state index >= 15 is 0 Å². The fourth-order valence-electron chi connectivity index (χ4n) is 2.94. The molecule has 0 bridgehead atoms. The maximum absolute atomic E-state index is 9.69. The first-order valence-electron chi connectivity index (χ1n) is 8.29. The van der Waals surface area contributed by atoms with Crippen molar-refractivity contribution in [2.45, 2.75) is 0 Å². The van der Waals surface area contributed by atoms with Crippen LogP contribution in [-0.2, 0) is 0 Å². The molecule has 0 atom stereocenters. The molecule has 1 heterocycles. The molecule has 4 rings (SSSR count). The van der Waals surface area contributed by atoms with Gasteiger partial charge in [-0.15, -0.1) is 0 Å². The van der Waals surface area contributed by atoms with Gasteiger partial charge in [0.2, 0.25) is 0 Å². The summed E-state index contributed by atoms with van der Waals surface area (Å²) >= 11 is 12.6. The number of aromatic hydroxyl groups is 3. The van der Waals surface area contributed by atoms with Gasteiger partial charge in [-0.1, -0.05) is 23.2 Å². The number of phenols is 3. The zero-order chi connectivity index (χ0) is 19.8. The molecule has 0 radical (unpaired) electrons. The number of phenolic OH excluding ortho intramolecular Hbond substituents is 3. The summed E-state index contributed by atoms with van der Waals surface area (Å²) in [7, 11) is 0. The molecule has 4 aromatic rings. The van der Waals surface area contributed by atoms with Crippen molar-refractivity contribution in [1.29, 1.82) is 0 Å². The van der Waals surface area contributed by atoms with Gasteiger partial charge in [0.15, 0.2) is 0 Å². The molecule has 0 aliphatic rings. The van der Waals surface area contributed by atoms with E-state index < -0.39 is 0 Å². The number of nitrogens with zero attached hydrogens (tertiary/aromatic N) is 1. The molecule has 140 valence electrons. The lowest BCUT2D eigenvalue weighted by atomic mass is 10.0. The van der Waals surface area contributed by atoms with E-state index in [1.54, 1.807) is 48.5 Å². The van der Waals surface area contributed by atoms with E-state index in [1.165, 1.54) is 12.1 Å². The summed E-state index contributed by atoms with van der Waals surface area (Å²) in [5.74, 6) is 0.693. The Morgan fingerprint density at radius 1 is 0.679 bits per heavy atom. The second-order valence-corrected chi connectivity index (χ2v) is 7.00. The van der Waals surface area contributed by atoms with Gasteiger partial charge in [0, 0.05) is 11.1 Å². The SMILES string of the molecule is Oc1ccc(-c2nc(-c3c(Cl)cc(O)cc3Cl)[nH]c2-c2ccc(O)cc2)cc1. The lowest BCUT2D eigenvalue weighted by molar-refractivity contribution is 0.475. The van der Waals surface area contributed by atoms with Crippen molar-refractivity contribution >= 4 is 23.2 Å². The van der Waals surface area contributed by atoms with Gasteiger partial charge in [-0.25, -0.2) is 4.98 Å². The van der Waals surface area contributed by atoms with E-state index in [-0.39, 0.29) is 27.3 Å². The van der Waals surface area contributed by atoms with E-state index in [1.807, 2.05) is 0 Å². The molecule has 0 saturated heterocycles. The summed E-state index contributed by atoms with van der Waals surface area (Å²) in [4.78, 5) is 7.92. The Balaban J connectivity index is 1.94. The van der Waals surface area contributed by atoms with Crippen LogP contribution in [0.1, 0.15) is 0 Å². The number of hydrogen-bond donors (Lipinski definition) is 4. The van der Waals surface area contributed by atoms with Crippen molar-refractivity contribution < 1.29 is 15.3 Å². The van der Waals surface area contributed by atoms with Gasteiger partial charge in [0.25, 0.3) is 0 Å². The predicted molar refractivity (Wildman–Crippen MR) is 110 cm³/mol. The van der Waals surface area contributed by atoms with Crippen LogP contribution in [-0.4, -0.2) is 25.3 Å². The molecule has 0 saturated carbocycles. The predicted octanol–water partition coefficient (Wildman–Crippen LogP) is 5.83. The summed E-state index contributed by atoms with van der Waals surface area (Å²) < 4.78 is 0. The molecule has 3 aromatic carbocycles. The number of imidazole rings is 1. The molecule has 4 N–H and O–H groups in total. The van der Waals surface area contributed by atoms with Crippen LogP contribution in [0.15, 0.2) is 60.7 Å². The summed E-state index contributed by atoms with van der Waals surface area (Å²) in [6.45, 7) is 0. The monoisotopic (exact) mass is 412 g/mol. The Bertz CT molecular complexity index is 1070. The van der Waals surface area contributed by atoms with Crippen LogP contribution >= 0.6 is 23.2 Å². The van der Waals surface area contributed by atoms with E-state index in [0.717, 1.165) is 11.1 Å². The molecule has 0 fully saturated rings. The lowest BCUT2D eigenvalue weighted by Gasteiger charge is -2.05. The maximum Gasteiger partial charge on any atom is 0.141 e. The molecule has 0 amide bonds. The minimum absolute atomic E-state index is 0.0391. The zero-order valence-corrected chi connectivity index (χ0v) is 15.8. The normalized spacial score (nSPS) is 10.9. The molecule has 5 nitrogen and oxygen atoms in total. The Morgan fingerprint density at radius 2 is 1.18 bits per heavy atom. The van der Waals surface area contributed by atoms with Crippen molar-refractivity contribution in [3.8, 4) is 51.2 Å². The molecule has 0 unspecified atom stereocenters. The van der Waals surface area contributed by atoms with Crippen molar-refractivity contribution in [2.75, 3.05) is 0 Å². The highest BCUT2D eigenvalue weighted by atomic mass is 35.5. The standard InChI is InChI=1S/C21H14Cl2N2O3/c22-16-9-15(28)10-17(23)18(16)21-24-19(11-1-5-13(26)6-2-11)20(25-21)12-3-7-14(27)8-4-12/h1-10,26-28H,(H,24,25). The summed E-state index contributed by atoms with van der Waals surface area (Å²) in [6.07, 6.45) is 0. The average Bonchev–Trinajstić information content (AvgIpc) is 3.07. The van der Waals surface area contributed by atoms with Crippen LogP contribution in [0.4, 0.5) is 0 Å². The Kier molecular flexibility index (Phi) is 4.63. The first-order valence-corrected chi connectivity index (χ1v) is 9.05. The molecular weight excluding hydrogens is 399 g/mol. The molecule has 7 heteroatoms. The highest BCUT2D eigenvalue weighted by Gasteiger charge is 2.19. The van der Waals surface area contributed by atoms with Crippen molar-refractivity contribution in [2.24, 2.45) is 0 Å². The third-order valence-electron chi connectivity index (χ3n) is 4.26. The van der Waals surface area contributed by atoms with Crippen LogP contribution in [0.5, 0.6) is 17.2 Å². The molecule has 0 aliphatic carbocycles. The van der Waals surface area contributed by atoms with E-state index in [4.69, 9.17) is 23.2 Å². The van der Waals surface area contributed by atoms with Crippen molar-refractivity contribution in [3.63, 3.8) is 0 Å². The van der Waals surface area contributed by atoms with E-state index in [9.17, 15) is 15.3 Å². The zero-order valence-electron chi connectivity index (χ0n) is 14.3. The Morgan fingerprint density at radius 3 is 1.71 bits per heavy atom. The number of rotatable bonds is 3. The minimum atomic E-state index is -0.0391. The summed E-state index contributed by atoms with van der Waals surface area (Å²) in [6, 6.07) is 16.1. The Hall–Kier alpha value is -3.15. The molecule has 0 aliphatic heterocycles. The van der Waals surface area contributed by atoms with Crippen LogP contribution in [0, 0.1) is 0 Å². The van der Waals surface area contributed by atoms with Gasteiger partial charge in [0.1, 0.15) is 23.1 Å². The minimum Gasteiger partial charge on any atom is -0.508 e. The summed E-state index contributed by atoms with van der Waals surface area (Å²) in [5.41, 5.74) is 3.35. The van der Waals surface area contributed by atoms with Gasteiger partial charge >= 0.3 is 0 Å². The van der Waals surface area contributed by atoms with Gasteiger partial charge in [-0.05, 0) is 60.7 Å². The number of aromatic nitrogens is 2. The Labute approximate surface area is 170 Å². The van der Waals surface area contributed by atoms with Crippen molar-refractivity contribution in [1.82, 2.24) is 9.97 Å². The van der Waals surface area contributed by atoms with Crippen LogP contribution in [0.2, 0.25) is 10.0 Å². The topological polar surface area (TPSA) is 89.4 Å². The second kappa shape index (κ2) is 7.11. The molecule has 0 spiro atoms. The van der Waals surface area contributed by atoms with Crippen molar-refractivity contribution in [3.05, 3.63) is 70.7 Å². The molecule has 28 heavy (non-hydrogen) atoms. The fraction of sp³-hybridized carbons (Fsp3) is 0. The first kappa shape index (κ1) is 18.2. The first-order chi connectivity index (χ1) is 13.4. The fourth-order valence-corrected chi connectivity index (χ4v) is 3.60. The second-order valence-electron chi connectivity index (χ2n) is 6.19. The number of aromatic amines is 1. The largest absolute Gasteiger partial charge is 0.508 e. The van der Waals surface area contributed by atoms with Crippen LogP contribution in [0.3, 0.4) is 0 Å². The highest BCUT2D eigenvalue weighted by Crippen LogP contribution is 2.40. The lowest BCUT2D eigenvalue weighted by Crippen LogP contribution is -1.85. The van der Waals surface area contributed by atoms with Crippen LogP contribution < -0.4 is 0 Å². The van der Waals surface area contributed by atoms with E-state index in [0.29, 0.717) is 22.8 Å². The number of halogens is 2. The third-order valence-corrected chi connectivity index (χ3v) is 4.86. The highest BCUT2D eigenvalue weighted by molar-refractivity contribution is 6.39. The quantitative estimate of drug-likeness (QED) is 0.340. The molecular formula is C21H14Cl2N2O3. The number of benzene rings is 3. The van der Waals surface area contributed by atoms with Gasteiger partial charge < -0.3 is 20.3 Å². The third kappa shape index (κ3) is 3.38. The smallest absolute Gasteiger partial charge is 0.141 e. The summed E-state index contributed by atoms with van der Waals surface area (Å²) in [5, 5.41) is 29.4. The van der Waals surface area contributed by atoms with Crippen LogP contribution in [0.25, 0.3) is 33.9 Å². The van der Waals surface area contributed by atoms with Gasteiger partial charge in [0.05, 0.1) is 27.0 Å². The van der Waals surface area contributed by atoms with E-state index in [2.05, 4.69) is 9.97 Å². The average molecular weight is 413 g/mol. The number of hydrogen-bond acceptors (Lipinski definition) is 4. The van der Waals surface area contributed by atoms with Gasteiger partial charge in [-0.2, -0.15) is 0 Å². The molecule has 1 aromatic heterocycles. The van der Waals surface area contributed by atoms with Gasteiger partial charge in [-0.3, -0.25) is 0 Å². The number of H-pyrrole nitrogens is 1. The number of nitrogens with one attached hydrogen (secondary N) is 1.